The Hall–Kier alpha value is -2.62. The van der Waals surface area contributed by atoms with Gasteiger partial charge in [-0.15, -0.1) is 0 Å². The van der Waals surface area contributed by atoms with Crippen LogP contribution in [0.15, 0.2) is 59.7 Å². The van der Waals surface area contributed by atoms with E-state index in [1.54, 1.807) is 25.1 Å². The van der Waals surface area contributed by atoms with E-state index in [1.165, 1.54) is 0 Å². The summed E-state index contributed by atoms with van der Waals surface area (Å²) >= 11 is 0. The number of hydrogen-bond acceptors (Lipinski definition) is 2. The predicted octanol–water partition coefficient (Wildman–Crippen LogP) is 1.82. The minimum atomic E-state index is 0.00496. The summed E-state index contributed by atoms with van der Waals surface area (Å²) in [4.78, 5) is 12.1. The van der Waals surface area contributed by atoms with E-state index >= 15 is 0 Å². The average molecular weight is 267 g/mol. The van der Waals surface area contributed by atoms with E-state index in [0.29, 0.717) is 5.39 Å². The van der Waals surface area contributed by atoms with Gasteiger partial charge in [-0.1, -0.05) is 12.1 Å². The number of nitrogens with zero attached hydrogens (tertiary/aromatic N) is 2. The van der Waals surface area contributed by atoms with Crippen LogP contribution in [0.5, 0.6) is 5.75 Å². The van der Waals surface area contributed by atoms with Crippen molar-refractivity contribution in [2.24, 2.45) is 7.05 Å². The molecular weight excluding hydrogens is 252 g/mol. The minimum absolute atomic E-state index is 0.00496. The zero-order chi connectivity index (χ0) is 14.1. The third-order valence-electron chi connectivity index (χ3n) is 3.35. The van der Waals surface area contributed by atoms with Crippen molar-refractivity contribution < 1.29 is 9.30 Å². The highest BCUT2D eigenvalue weighted by molar-refractivity contribution is 5.74. The lowest BCUT2D eigenvalue weighted by Crippen LogP contribution is -2.38. The normalized spacial score (nSPS) is 10.7. The topological polar surface area (TPSA) is 35.1 Å². The highest BCUT2D eigenvalue weighted by Gasteiger charge is 2.13. The molecule has 0 saturated carbocycles. The lowest BCUT2D eigenvalue weighted by atomic mass is 10.2. The van der Waals surface area contributed by atoms with Crippen LogP contribution in [0.25, 0.3) is 16.6 Å². The third-order valence-corrected chi connectivity index (χ3v) is 3.35. The van der Waals surface area contributed by atoms with Crippen LogP contribution < -0.4 is 14.9 Å². The summed E-state index contributed by atoms with van der Waals surface area (Å²) < 4.78 is 8.76. The van der Waals surface area contributed by atoms with Gasteiger partial charge in [-0.25, -0.2) is 9.36 Å². The fourth-order valence-corrected chi connectivity index (χ4v) is 2.29. The van der Waals surface area contributed by atoms with Crippen molar-refractivity contribution >= 4 is 10.9 Å². The molecule has 4 nitrogen and oxygen atoms in total. The Balaban J connectivity index is 2.30. The molecule has 0 saturated heterocycles. The van der Waals surface area contributed by atoms with E-state index < -0.39 is 0 Å². The Bertz CT molecular complexity index is 820. The first-order valence-electron chi connectivity index (χ1n) is 6.35. The van der Waals surface area contributed by atoms with Crippen LogP contribution in [-0.4, -0.2) is 11.7 Å². The Morgan fingerprint density at radius 1 is 1.05 bits per heavy atom. The smallest absolute Gasteiger partial charge is 0.344 e. The van der Waals surface area contributed by atoms with Crippen LogP contribution in [0.1, 0.15) is 0 Å². The molecule has 0 aliphatic carbocycles. The summed E-state index contributed by atoms with van der Waals surface area (Å²) in [5, 5.41) is 0.702. The first-order chi connectivity index (χ1) is 9.70. The van der Waals surface area contributed by atoms with E-state index in [2.05, 4.69) is 0 Å². The second-order valence-electron chi connectivity index (χ2n) is 4.62. The van der Waals surface area contributed by atoms with Crippen molar-refractivity contribution in [3.63, 3.8) is 0 Å². The molecule has 0 spiro atoms. The second-order valence-corrected chi connectivity index (χ2v) is 4.62. The monoisotopic (exact) mass is 267 g/mol. The van der Waals surface area contributed by atoms with Crippen molar-refractivity contribution in [2.45, 2.75) is 0 Å². The highest BCUT2D eigenvalue weighted by Crippen LogP contribution is 2.13. The van der Waals surface area contributed by atoms with Crippen molar-refractivity contribution in [2.75, 3.05) is 7.11 Å². The van der Waals surface area contributed by atoms with Gasteiger partial charge in [0.15, 0.2) is 0 Å². The van der Waals surface area contributed by atoms with E-state index in [-0.39, 0.29) is 5.56 Å². The summed E-state index contributed by atoms with van der Waals surface area (Å²) in [7, 11) is 3.40. The molecule has 0 aliphatic heterocycles. The average Bonchev–Trinajstić information content (AvgIpc) is 2.51. The predicted molar refractivity (Wildman–Crippen MR) is 77.3 cm³/mol. The number of ether oxygens (including phenoxy) is 1. The molecule has 0 amide bonds. The molecule has 0 fully saturated rings. The largest absolute Gasteiger partial charge is 0.497 e. The van der Waals surface area contributed by atoms with Crippen LogP contribution in [0.2, 0.25) is 0 Å². The molecule has 20 heavy (non-hydrogen) atoms. The maximum absolute atomic E-state index is 12.1. The molecule has 3 aromatic rings. The number of hydrogen-bond donors (Lipinski definition) is 0. The molecule has 1 aromatic heterocycles. The summed E-state index contributed by atoms with van der Waals surface area (Å²) in [5.41, 5.74) is 1.88. The van der Waals surface area contributed by atoms with E-state index in [1.807, 2.05) is 53.1 Å². The molecule has 3 rings (SSSR count). The van der Waals surface area contributed by atoms with Crippen molar-refractivity contribution in [3.8, 4) is 11.4 Å². The molecule has 0 atom stereocenters. The standard InChI is InChI=1S/C16H15N2O2/c1-17-11-18(12-7-9-13(20-2)10-8-12)15-6-4-3-5-14(15)16(17)19/h3-11H,1-2H3/q+1. The number of fused-ring (bicyclic) bond motifs is 1. The quantitative estimate of drug-likeness (QED) is 0.664. The molecule has 2 aromatic carbocycles. The first kappa shape index (κ1) is 12.4. The lowest BCUT2D eigenvalue weighted by Gasteiger charge is -2.06. The molecule has 0 N–H and O–H groups in total. The van der Waals surface area contributed by atoms with Gasteiger partial charge >= 0.3 is 5.56 Å². The summed E-state index contributed by atoms with van der Waals surface area (Å²) in [6.07, 6.45) is 1.80. The Morgan fingerprint density at radius 2 is 1.75 bits per heavy atom. The van der Waals surface area contributed by atoms with Gasteiger partial charge in [0, 0.05) is 0 Å². The number of aromatic nitrogens is 2. The lowest BCUT2D eigenvalue weighted by molar-refractivity contribution is -0.572. The fourth-order valence-electron chi connectivity index (χ4n) is 2.29. The van der Waals surface area contributed by atoms with Crippen LogP contribution in [-0.2, 0) is 7.05 Å². The van der Waals surface area contributed by atoms with Gasteiger partial charge in [0.1, 0.15) is 22.3 Å². The van der Waals surface area contributed by atoms with Crippen molar-refractivity contribution in [3.05, 3.63) is 65.2 Å². The Morgan fingerprint density at radius 3 is 2.45 bits per heavy atom. The summed E-state index contributed by atoms with van der Waals surface area (Å²) in [6.45, 7) is 0. The van der Waals surface area contributed by atoms with Gasteiger partial charge < -0.3 is 4.74 Å². The zero-order valence-electron chi connectivity index (χ0n) is 11.4. The Labute approximate surface area is 116 Å². The Kier molecular flexibility index (Phi) is 2.99. The molecule has 0 bridgehead atoms. The number of rotatable bonds is 2. The minimum Gasteiger partial charge on any atom is -0.497 e. The van der Waals surface area contributed by atoms with Gasteiger partial charge in [0.05, 0.1) is 14.2 Å². The maximum atomic E-state index is 12.1. The molecule has 0 radical (unpaired) electrons. The molecule has 1 heterocycles. The van der Waals surface area contributed by atoms with Crippen molar-refractivity contribution in [1.29, 1.82) is 0 Å². The van der Waals surface area contributed by atoms with E-state index in [4.69, 9.17) is 4.74 Å². The van der Waals surface area contributed by atoms with Gasteiger partial charge in [0.25, 0.3) is 6.33 Å². The van der Waals surface area contributed by atoms with Crippen LogP contribution >= 0.6 is 0 Å². The van der Waals surface area contributed by atoms with Crippen LogP contribution in [0, 0.1) is 0 Å². The van der Waals surface area contributed by atoms with Gasteiger partial charge in [-0.3, -0.25) is 0 Å². The second kappa shape index (κ2) is 4.81. The number of benzene rings is 2. The van der Waals surface area contributed by atoms with Crippen LogP contribution in [0.4, 0.5) is 0 Å². The van der Waals surface area contributed by atoms with Gasteiger partial charge in [0.2, 0.25) is 0 Å². The molecule has 0 aliphatic rings. The highest BCUT2D eigenvalue weighted by atomic mass is 16.5. The fraction of sp³-hybridized carbons (Fsp3) is 0.125. The number of methoxy groups -OCH3 is 1. The molecule has 4 heteroatoms. The summed E-state index contributed by atoms with van der Waals surface area (Å²) in [5.74, 6) is 0.809. The molecular formula is C16H15N2O2+. The summed E-state index contributed by atoms with van der Waals surface area (Å²) in [6, 6.07) is 15.3. The number of para-hydroxylation sites is 1. The molecule has 100 valence electrons. The van der Waals surface area contributed by atoms with Crippen molar-refractivity contribution in [1.82, 2.24) is 4.57 Å². The number of aryl methyl sites for hydroxylation is 1. The third kappa shape index (κ3) is 1.95. The van der Waals surface area contributed by atoms with E-state index in [9.17, 15) is 4.79 Å². The van der Waals surface area contributed by atoms with Crippen LogP contribution in [0.3, 0.4) is 0 Å². The SMILES string of the molecule is COc1ccc(-[n+]2cn(C)c(=O)c3ccccc32)cc1. The van der Waals surface area contributed by atoms with E-state index in [0.717, 1.165) is 17.0 Å². The maximum Gasteiger partial charge on any atom is 0.344 e. The molecule has 0 unspecified atom stereocenters. The zero-order valence-corrected chi connectivity index (χ0v) is 11.4. The van der Waals surface area contributed by atoms with Gasteiger partial charge in [-0.05, 0) is 36.4 Å². The van der Waals surface area contributed by atoms with Gasteiger partial charge in [-0.2, -0.15) is 4.57 Å². The first-order valence-corrected chi connectivity index (χ1v) is 6.35.